The summed E-state index contributed by atoms with van der Waals surface area (Å²) in [5.41, 5.74) is 5.28. The molecular formula is C20H26Cl2N6. The van der Waals surface area contributed by atoms with Gasteiger partial charge in [0.2, 0.25) is 0 Å². The van der Waals surface area contributed by atoms with Gasteiger partial charge in [0.25, 0.3) is 0 Å². The molecule has 150 valence electrons. The topological polar surface area (TPSA) is 56.6 Å². The van der Waals surface area contributed by atoms with Gasteiger partial charge < -0.3 is 0 Å². The van der Waals surface area contributed by atoms with E-state index in [1.54, 1.807) is 6.07 Å². The number of aromatic nitrogens is 2. The highest BCUT2D eigenvalue weighted by Gasteiger charge is 2.19. The summed E-state index contributed by atoms with van der Waals surface area (Å²) in [6.07, 6.45) is 1.93. The van der Waals surface area contributed by atoms with Gasteiger partial charge in [0, 0.05) is 25.6 Å². The van der Waals surface area contributed by atoms with E-state index in [1.165, 1.54) is 0 Å². The normalized spacial score (nSPS) is 15.5. The van der Waals surface area contributed by atoms with Crippen LogP contribution in [0, 0.1) is 6.92 Å². The van der Waals surface area contributed by atoms with E-state index < -0.39 is 0 Å². The van der Waals surface area contributed by atoms with Crippen molar-refractivity contribution in [1.82, 2.24) is 20.3 Å². The maximum Gasteiger partial charge on any atom is 0.157 e. The Hall–Kier alpha value is -1.89. The Balaban J connectivity index is 1.73. The first-order chi connectivity index (χ1) is 13.5. The highest BCUT2D eigenvalue weighted by molar-refractivity contribution is 6.42. The predicted molar refractivity (Wildman–Crippen MR) is 117 cm³/mol. The standard InChI is InChI=1S/C20H26Cl2N6/c1-4-9-27(5-2)13-15-11-20(24-14(3)23-15)25-19-8-10-28(26-19)16-6-7-17(21)18(22)12-16/h6-7,11-12H,4-5,8-10,13H2,1-3H3,(H,23,24,25,26). The van der Waals surface area contributed by atoms with Crippen LogP contribution in [-0.2, 0) is 6.54 Å². The van der Waals surface area contributed by atoms with Crippen LogP contribution in [0.5, 0.6) is 0 Å². The fraction of sp³-hybridized carbons (Fsp3) is 0.450. The van der Waals surface area contributed by atoms with Gasteiger partial charge in [-0.25, -0.2) is 15.0 Å². The van der Waals surface area contributed by atoms with Crippen molar-refractivity contribution in [2.75, 3.05) is 24.6 Å². The Morgan fingerprint density at radius 3 is 2.71 bits per heavy atom. The number of nitrogens with zero attached hydrogens (tertiary/aromatic N) is 5. The van der Waals surface area contributed by atoms with E-state index in [1.807, 2.05) is 30.1 Å². The second kappa shape index (κ2) is 9.54. The molecule has 0 radical (unpaired) electrons. The number of nitrogens with one attached hydrogen (secondary N) is 1. The minimum Gasteiger partial charge on any atom is -0.298 e. The van der Waals surface area contributed by atoms with E-state index in [-0.39, 0.29) is 0 Å². The van der Waals surface area contributed by atoms with E-state index in [9.17, 15) is 0 Å². The number of anilines is 1. The first-order valence-corrected chi connectivity index (χ1v) is 10.4. The molecule has 28 heavy (non-hydrogen) atoms. The van der Waals surface area contributed by atoms with Gasteiger partial charge in [0.15, 0.2) is 5.82 Å². The monoisotopic (exact) mass is 420 g/mol. The molecule has 1 aliphatic rings. The third-order valence-corrected chi connectivity index (χ3v) is 5.29. The summed E-state index contributed by atoms with van der Waals surface area (Å²) >= 11 is 12.1. The van der Waals surface area contributed by atoms with Crippen LogP contribution in [0.15, 0.2) is 29.3 Å². The fourth-order valence-corrected chi connectivity index (χ4v) is 3.49. The molecule has 0 unspecified atom stereocenters. The van der Waals surface area contributed by atoms with Crippen LogP contribution < -0.4 is 10.4 Å². The van der Waals surface area contributed by atoms with Crippen LogP contribution in [0.3, 0.4) is 0 Å². The summed E-state index contributed by atoms with van der Waals surface area (Å²) in [6, 6.07) is 7.55. The Kier molecular flexibility index (Phi) is 7.10. The lowest BCUT2D eigenvalue weighted by atomic mass is 10.3. The van der Waals surface area contributed by atoms with Crippen LogP contribution in [0.4, 0.5) is 11.5 Å². The number of hydrazine groups is 1. The van der Waals surface area contributed by atoms with Crippen molar-refractivity contribution in [3.8, 4) is 0 Å². The molecule has 0 amide bonds. The Morgan fingerprint density at radius 1 is 1.18 bits per heavy atom. The maximum absolute atomic E-state index is 6.13. The summed E-state index contributed by atoms with van der Waals surface area (Å²) in [6.45, 7) is 9.95. The van der Waals surface area contributed by atoms with Gasteiger partial charge in [-0.05, 0) is 44.6 Å². The van der Waals surface area contributed by atoms with Crippen LogP contribution in [0.25, 0.3) is 0 Å². The van der Waals surface area contributed by atoms with Gasteiger partial charge in [-0.3, -0.25) is 15.3 Å². The minimum absolute atomic E-state index is 0.537. The lowest BCUT2D eigenvalue weighted by molar-refractivity contribution is 0.277. The molecule has 3 rings (SSSR count). The molecular weight excluding hydrogens is 395 g/mol. The van der Waals surface area contributed by atoms with Crippen molar-refractivity contribution in [1.29, 1.82) is 0 Å². The number of aliphatic imine (C=N–C) groups is 1. The molecule has 1 aliphatic heterocycles. The quantitative estimate of drug-likeness (QED) is 0.698. The molecule has 0 atom stereocenters. The van der Waals surface area contributed by atoms with Crippen molar-refractivity contribution < 1.29 is 0 Å². The van der Waals surface area contributed by atoms with E-state index in [2.05, 4.69) is 34.1 Å². The van der Waals surface area contributed by atoms with Crippen LogP contribution in [0.2, 0.25) is 10.0 Å². The van der Waals surface area contributed by atoms with Gasteiger partial charge in [-0.2, -0.15) is 0 Å². The smallest absolute Gasteiger partial charge is 0.157 e. The number of hydrogen-bond donors (Lipinski definition) is 1. The third-order valence-electron chi connectivity index (χ3n) is 4.55. The van der Waals surface area contributed by atoms with E-state index in [0.717, 1.165) is 62.1 Å². The molecule has 0 saturated carbocycles. The van der Waals surface area contributed by atoms with Gasteiger partial charge in [0.1, 0.15) is 11.7 Å². The van der Waals surface area contributed by atoms with Gasteiger partial charge in [0.05, 0.1) is 21.4 Å². The average molecular weight is 421 g/mol. The zero-order valence-electron chi connectivity index (χ0n) is 16.5. The number of aryl methyl sites for hydroxylation is 1. The van der Waals surface area contributed by atoms with E-state index in [0.29, 0.717) is 15.9 Å². The SMILES string of the molecule is CCCN(CC)Cc1cc(N=C2CCN(c3ccc(Cl)c(Cl)c3)N2)nc(C)n1. The number of rotatable bonds is 7. The molecule has 2 heterocycles. The molecule has 1 fully saturated rings. The predicted octanol–water partition coefficient (Wildman–Crippen LogP) is 4.77. The molecule has 0 aliphatic carbocycles. The lowest BCUT2D eigenvalue weighted by Crippen LogP contribution is -2.33. The Bertz CT molecular complexity index is 855. The number of halogens is 2. The van der Waals surface area contributed by atoms with Gasteiger partial charge in [-0.15, -0.1) is 0 Å². The third kappa shape index (κ3) is 5.34. The Labute approximate surface area is 176 Å². The molecule has 8 heteroatoms. The largest absolute Gasteiger partial charge is 0.298 e. The Morgan fingerprint density at radius 2 is 2.00 bits per heavy atom. The minimum atomic E-state index is 0.537. The number of hydrogen-bond acceptors (Lipinski definition) is 5. The average Bonchev–Trinajstić information content (AvgIpc) is 3.11. The first kappa shape index (κ1) is 20.8. The van der Waals surface area contributed by atoms with Gasteiger partial charge >= 0.3 is 0 Å². The van der Waals surface area contributed by atoms with Crippen molar-refractivity contribution in [2.45, 2.75) is 40.2 Å². The zero-order valence-corrected chi connectivity index (χ0v) is 18.1. The molecule has 1 aromatic heterocycles. The van der Waals surface area contributed by atoms with Crippen molar-refractivity contribution in [2.24, 2.45) is 4.99 Å². The summed E-state index contributed by atoms with van der Waals surface area (Å²) < 4.78 is 0. The maximum atomic E-state index is 6.13. The highest BCUT2D eigenvalue weighted by Crippen LogP contribution is 2.27. The molecule has 0 spiro atoms. The summed E-state index contributed by atoms with van der Waals surface area (Å²) in [7, 11) is 0. The second-order valence-electron chi connectivity index (χ2n) is 6.80. The molecule has 2 aromatic rings. The van der Waals surface area contributed by atoms with Crippen LogP contribution in [0.1, 0.15) is 38.2 Å². The molecule has 1 aromatic carbocycles. The van der Waals surface area contributed by atoms with Crippen LogP contribution in [-0.4, -0.2) is 40.3 Å². The summed E-state index contributed by atoms with van der Waals surface area (Å²) in [4.78, 5) is 16.1. The molecule has 1 saturated heterocycles. The second-order valence-corrected chi connectivity index (χ2v) is 7.62. The van der Waals surface area contributed by atoms with E-state index >= 15 is 0 Å². The van der Waals surface area contributed by atoms with Crippen molar-refractivity contribution in [3.05, 3.63) is 45.8 Å². The molecule has 1 N–H and O–H groups in total. The lowest BCUT2D eigenvalue weighted by Gasteiger charge is -2.19. The number of benzene rings is 1. The molecule has 0 bridgehead atoms. The number of amidine groups is 1. The van der Waals surface area contributed by atoms with Crippen LogP contribution >= 0.6 is 23.2 Å². The van der Waals surface area contributed by atoms with E-state index in [4.69, 9.17) is 28.2 Å². The first-order valence-electron chi connectivity index (χ1n) is 9.62. The highest BCUT2D eigenvalue weighted by atomic mass is 35.5. The fourth-order valence-electron chi connectivity index (χ4n) is 3.20. The zero-order chi connectivity index (χ0) is 20.1. The summed E-state index contributed by atoms with van der Waals surface area (Å²) in [5, 5.41) is 3.09. The van der Waals surface area contributed by atoms with Crippen molar-refractivity contribution in [3.63, 3.8) is 0 Å². The summed E-state index contributed by atoms with van der Waals surface area (Å²) in [5.74, 6) is 2.30. The molecule has 6 nitrogen and oxygen atoms in total. The van der Waals surface area contributed by atoms with Gasteiger partial charge in [-0.1, -0.05) is 37.0 Å². The van der Waals surface area contributed by atoms with Crippen molar-refractivity contribution >= 4 is 40.5 Å².